The smallest absolute Gasteiger partial charge is 0.344 e. The van der Waals surface area contributed by atoms with Gasteiger partial charge in [-0.25, -0.2) is 13.8 Å². The van der Waals surface area contributed by atoms with E-state index in [4.69, 9.17) is 11.6 Å². The highest BCUT2D eigenvalue weighted by atomic mass is 35.5. The number of allylic oxidation sites excluding steroid dienone is 3. The van der Waals surface area contributed by atoms with Gasteiger partial charge in [0.05, 0.1) is 19.2 Å². The van der Waals surface area contributed by atoms with Crippen molar-refractivity contribution in [3.63, 3.8) is 0 Å². The largest absolute Gasteiger partial charge is 0.413 e. The molecule has 0 atom stereocenters. The lowest BCUT2D eigenvalue weighted by Crippen LogP contribution is -2.55. The van der Waals surface area contributed by atoms with Crippen molar-refractivity contribution in [2.24, 2.45) is 4.99 Å². The fourth-order valence-electron chi connectivity index (χ4n) is 1.30. The van der Waals surface area contributed by atoms with E-state index >= 15 is 0 Å². The second-order valence-corrected chi connectivity index (χ2v) is 4.08. The molecule has 1 heterocycles. The molecule has 102 valence electrons. The minimum atomic E-state index is -4.64. The van der Waals surface area contributed by atoms with E-state index in [1.165, 1.54) is 12.2 Å². The Balaban J connectivity index is 2.91. The first-order valence-corrected chi connectivity index (χ1v) is 5.30. The van der Waals surface area contributed by atoms with Crippen molar-refractivity contribution in [3.8, 4) is 0 Å². The second-order valence-electron chi connectivity index (χ2n) is 3.69. The van der Waals surface area contributed by atoms with Crippen LogP contribution in [0.5, 0.6) is 0 Å². The zero-order chi connectivity index (χ0) is 14.0. The molecule has 0 N–H and O–H groups in total. The zero-order valence-electron chi connectivity index (χ0n) is 9.31. The summed E-state index contributed by atoms with van der Waals surface area (Å²) in [6.07, 6.45) is -2.05. The molecule has 1 fully saturated rings. The van der Waals surface area contributed by atoms with Crippen LogP contribution in [0.25, 0.3) is 0 Å². The first kappa shape index (κ1) is 14.9. The lowest BCUT2D eigenvalue weighted by molar-refractivity contribution is -0.121. The summed E-state index contributed by atoms with van der Waals surface area (Å²) < 4.78 is 61.9. The van der Waals surface area contributed by atoms with Gasteiger partial charge in [-0.05, 0) is 13.0 Å². The maximum atomic E-state index is 12.6. The van der Waals surface area contributed by atoms with Crippen LogP contribution in [0, 0.1) is 0 Å². The third-order valence-electron chi connectivity index (χ3n) is 1.99. The molecule has 8 heteroatoms. The van der Waals surface area contributed by atoms with E-state index in [2.05, 4.69) is 4.99 Å². The van der Waals surface area contributed by atoms with Crippen molar-refractivity contribution in [3.05, 3.63) is 24.0 Å². The van der Waals surface area contributed by atoms with Crippen LogP contribution in [0.1, 0.15) is 6.92 Å². The van der Waals surface area contributed by atoms with Crippen LogP contribution < -0.4 is 0 Å². The van der Waals surface area contributed by atoms with E-state index in [-0.39, 0.29) is 11.2 Å². The highest BCUT2D eigenvalue weighted by molar-refractivity contribution is 6.68. The van der Waals surface area contributed by atoms with Gasteiger partial charge in [0.1, 0.15) is 11.0 Å². The summed E-state index contributed by atoms with van der Waals surface area (Å²) in [5, 5.41) is -0.205. The highest BCUT2D eigenvalue weighted by Crippen LogP contribution is 2.32. The Morgan fingerprint density at radius 3 is 2.28 bits per heavy atom. The SMILES string of the molecule is C\C=C/C(Cl)=N\C(=C\C(F)(F)F)N1CC(F)(F)C1. The van der Waals surface area contributed by atoms with Gasteiger partial charge in [-0.15, -0.1) is 0 Å². The van der Waals surface area contributed by atoms with Gasteiger partial charge in [0.15, 0.2) is 0 Å². The third kappa shape index (κ3) is 4.64. The Bertz CT molecular complexity index is 390. The molecule has 2 nitrogen and oxygen atoms in total. The van der Waals surface area contributed by atoms with Crippen LogP contribution in [0.15, 0.2) is 29.0 Å². The Morgan fingerprint density at radius 2 is 1.89 bits per heavy atom. The van der Waals surface area contributed by atoms with E-state index < -0.39 is 31.0 Å². The minimum Gasteiger partial charge on any atom is -0.344 e. The van der Waals surface area contributed by atoms with E-state index in [1.807, 2.05) is 0 Å². The topological polar surface area (TPSA) is 15.6 Å². The number of hydrogen-bond donors (Lipinski definition) is 0. The molecule has 1 rings (SSSR count). The monoisotopic (exact) mass is 288 g/mol. The highest BCUT2D eigenvalue weighted by Gasteiger charge is 2.45. The molecule has 0 radical (unpaired) electrons. The van der Waals surface area contributed by atoms with Crippen LogP contribution in [0.4, 0.5) is 22.0 Å². The van der Waals surface area contributed by atoms with E-state index in [0.29, 0.717) is 0 Å². The number of aliphatic imine (C=N–C) groups is 1. The first-order valence-electron chi connectivity index (χ1n) is 4.92. The standard InChI is InChI=1S/C10H10ClF5N2/c1-2-3-7(11)17-8(4-10(14,15)16)18-5-9(12,13)6-18/h2-4H,5-6H2,1H3/b3-2-,8-4-,17-7+. The number of halogens is 6. The van der Waals surface area contributed by atoms with E-state index in [1.54, 1.807) is 6.92 Å². The van der Waals surface area contributed by atoms with Crippen molar-refractivity contribution in [2.45, 2.75) is 19.0 Å². The van der Waals surface area contributed by atoms with Gasteiger partial charge >= 0.3 is 6.18 Å². The third-order valence-corrected chi connectivity index (χ3v) is 2.20. The van der Waals surface area contributed by atoms with Gasteiger partial charge in [0.2, 0.25) is 0 Å². The van der Waals surface area contributed by atoms with Gasteiger partial charge in [0.25, 0.3) is 5.92 Å². The minimum absolute atomic E-state index is 0.145. The average Bonchev–Trinajstić information content (AvgIpc) is 2.11. The van der Waals surface area contributed by atoms with Gasteiger partial charge in [-0.3, -0.25) is 0 Å². The summed E-state index contributed by atoms with van der Waals surface area (Å²) in [6.45, 7) is 0.0136. The molecular formula is C10H10ClF5N2. The summed E-state index contributed by atoms with van der Waals surface area (Å²) in [4.78, 5) is 4.29. The Labute approximate surface area is 105 Å². The van der Waals surface area contributed by atoms with Crippen molar-refractivity contribution >= 4 is 16.8 Å². The molecule has 1 aliphatic heterocycles. The predicted molar refractivity (Wildman–Crippen MR) is 58.8 cm³/mol. The summed E-state index contributed by atoms with van der Waals surface area (Å²) in [5.41, 5.74) is 0. The summed E-state index contributed by atoms with van der Waals surface area (Å²) >= 11 is 5.54. The lowest BCUT2D eigenvalue weighted by atomic mass is 10.1. The summed E-state index contributed by atoms with van der Waals surface area (Å²) in [6, 6.07) is 0. The fraction of sp³-hybridized carbons (Fsp3) is 0.500. The molecule has 0 bridgehead atoms. The van der Waals surface area contributed by atoms with Crippen LogP contribution >= 0.6 is 11.6 Å². The first-order chi connectivity index (χ1) is 8.13. The van der Waals surface area contributed by atoms with Gasteiger partial charge in [0, 0.05) is 0 Å². The number of nitrogens with zero attached hydrogens (tertiary/aromatic N) is 2. The van der Waals surface area contributed by atoms with Crippen LogP contribution in [0.3, 0.4) is 0 Å². The van der Waals surface area contributed by atoms with Crippen LogP contribution in [-0.2, 0) is 0 Å². The lowest BCUT2D eigenvalue weighted by Gasteiger charge is -2.40. The normalized spacial score (nSPS) is 21.4. The number of alkyl halides is 5. The van der Waals surface area contributed by atoms with Gasteiger partial charge < -0.3 is 4.90 Å². The molecule has 0 unspecified atom stereocenters. The zero-order valence-corrected chi connectivity index (χ0v) is 10.1. The van der Waals surface area contributed by atoms with Gasteiger partial charge in [-0.2, -0.15) is 13.2 Å². The summed E-state index contributed by atoms with van der Waals surface area (Å²) in [7, 11) is 0. The van der Waals surface area contributed by atoms with Crippen molar-refractivity contribution in [1.82, 2.24) is 4.90 Å². The van der Waals surface area contributed by atoms with E-state index in [9.17, 15) is 22.0 Å². The Kier molecular flexibility index (Phi) is 4.37. The van der Waals surface area contributed by atoms with Crippen molar-refractivity contribution in [2.75, 3.05) is 13.1 Å². The average molecular weight is 289 g/mol. The quantitative estimate of drug-likeness (QED) is 0.573. The van der Waals surface area contributed by atoms with Crippen LogP contribution in [-0.4, -0.2) is 35.3 Å². The fourth-order valence-corrected chi connectivity index (χ4v) is 1.51. The maximum absolute atomic E-state index is 12.6. The van der Waals surface area contributed by atoms with Crippen LogP contribution in [0.2, 0.25) is 0 Å². The van der Waals surface area contributed by atoms with Crippen molar-refractivity contribution in [1.29, 1.82) is 0 Å². The predicted octanol–water partition coefficient (Wildman–Crippen LogP) is 3.55. The number of likely N-dealkylation sites (tertiary alicyclic amines) is 1. The molecule has 0 aromatic carbocycles. The van der Waals surface area contributed by atoms with E-state index in [0.717, 1.165) is 4.90 Å². The molecule has 1 aliphatic rings. The Morgan fingerprint density at radius 1 is 1.33 bits per heavy atom. The molecule has 0 aliphatic carbocycles. The molecule has 0 spiro atoms. The maximum Gasteiger partial charge on any atom is 0.413 e. The summed E-state index contributed by atoms with van der Waals surface area (Å²) in [5.74, 6) is -3.59. The van der Waals surface area contributed by atoms with Crippen molar-refractivity contribution < 1.29 is 22.0 Å². The molecule has 0 amide bonds. The molecular weight excluding hydrogens is 279 g/mol. The molecule has 1 saturated heterocycles. The molecule has 0 aromatic rings. The number of hydrogen-bond acceptors (Lipinski definition) is 2. The number of rotatable bonds is 3. The molecule has 0 aromatic heterocycles. The molecule has 18 heavy (non-hydrogen) atoms. The molecule has 0 saturated carbocycles. The second kappa shape index (κ2) is 5.26. The Hall–Kier alpha value is -1.11. The van der Waals surface area contributed by atoms with Gasteiger partial charge in [-0.1, -0.05) is 17.7 Å².